The molecule has 46 heavy (non-hydrogen) atoms. The van der Waals surface area contributed by atoms with Crippen LogP contribution in [0.25, 0.3) is 5.76 Å². The van der Waals surface area contributed by atoms with E-state index in [0.717, 1.165) is 23.3 Å². The Kier molecular flexibility index (Phi) is 9.53. The van der Waals surface area contributed by atoms with Crippen LogP contribution >= 0.6 is 34.7 Å². The number of hydrogen-bond acceptors (Lipinski definition) is 10. The van der Waals surface area contributed by atoms with Crippen LogP contribution < -0.4 is 19.1 Å². The van der Waals surface area contributed by atoms with E-state index < -0.39 is 17.7 Å². The van der Waals surface area contributed by atoms with Crippen molar-refractivity contribution in [3.8, 4) is 17.2 Å². The van der Waals surface area contributed by atoms with Gasteiger partial charge in [0.05, 0.1) is 24.8 Å². The van der Waals surface area contributed by atoms with E-state index in [1.165, 1.54) is 28.0 Å². The van der Waals surface area contributed by atoms with Crippen LogP contribution in [0.5, 0.6) is 17.2 Å². The van der Waals surface area contributed by atoms with Crippen molar-refractivity contribution in [1.29, 1.82) is 0 Å². The van der Waals surface area contributed by atoms with E-state index in [-0.39, 0.29) is 22.6 Å². The number of aliphatic hydroxyl groups excluding tert-OH is 1. The Hall–Kier alpha value is -4.06. The fourth-order valence-electron chi connectivity index (χ4n) is 5.48. The lowest BCUT2D eigenvalue weighted by Crippen LogP contribution is -2.29. The third-order valence-corrected chi connectivity index (χ3v) is 10.0. The van der Waals surface area contributed by atoms with E-state index in [1.807, 2.05) is 45.0 Å². The number of ether oxygens (including phenoxy) is 3. The fraction of sp³-hybridized carbons (Fsp3) is 0.294. The summed E-state index contributed by atoms with van der Waals surface area (Å²) in [7, 11) is 0. The highest BCUT2D eigenvalue weighted by Gasteiger charge is 2.48. The van der Waals surface area contributed by atoms with Crippen LogP contribution in [0.1, 0.15) is 55.5 Å². The molecule has 1 amide bonds. The van der Waals surface area contributed by atoms with Crippen molar-refractivity contribution in [1.82, 2.24) is 10.2 Å². The predicted octanol–water partition coefficient (Wildman–Crippen LogP) is 7.62. The average Bonchev–Trinajstić information content (AvgIpc) is 3.74. The molecular weight excluding hydrogens is 646 g/mol. The first kappa shape index (κ1) is 31.9. The molecule has 0 saturated carbocycles. The number of benzene rings is 3. The van der Waals surface area contributed by atoms with Gasteiger partial charge in [0.2, 0.25) is 5.13 Å². The van der Waals surface area contributed by atoms with Crippen molar-refractivity contribution in [2.75, 3.05) is 18.1 Å². The number of hydrogen-bond donors (Lipinski definition) is 1. The van der Waals surface area contributed by atoms with Crippen LogP contribution in [-0.2, 0) is 21.8 Å². The van der Waals surface area contributed by atoms with Gasteiger partial charge >= 0.3 is 5.91 Å². The van der Waals surface area contributed by atoms with Crippen LogP contribution in [0, 0.1) is 0 Å². The van der Waals surface area contributed by atoms with E-state index in [9.17, 15) is 14.7 Å². The minimum atomic E-state index is -1.00. The van der Waals surface area contributed by atoms with Crippen LogP contribution in [0.4, 0.5) is 5.13 Å². The molecule has 1 saturated heterocycles. The number of halogens is 1. The highest BCUT2D eigenvalue weighted by Crippen LogP contribution is 2.46. The van der Waals surface area contributed by atoms with Crippen LogP contribution in [0.2, 0.25) is 5.02 Å². The molecule has 12 heteroatoms. The minimum Gasteiger partial charge on any atom is -0.507 e. The fourth-order valence-corrected chi connectivity index (χ4v) is 7.63. The van der Waals surface area contributed by atoms with E-state index in [0.29, 0.717) is 57.4 Å². The van der Waals surface area contributed by atoms with Gasteiger partial charge in [0.1, 0.15) is 17.6 Å². The maximum Gasteiger partial charge on any atom is 0.301 e. The number of rotatable bonds is 11. The summed E-state index contributed by atoms with van der Waals surface area (Å²) in [6.45, 7) is 6.72. The molecule has 6 rings (SSSR count). The molecule has 0 unspecified atom stereocenters. The molecule has 2 aliphatic rings. The summed E-state index contributed by atoms with van der Waals surface area (Å²) in [4.78, 5) is 28.9. The molecule has 3 aromatic carbocycles. The first-order valence-electron chi connectivity index (χ1n) is 15.0. The van der Waals surface area contributed by atoms with E-state index in [4.69, 9.17) is 25.8 Å². The number of anilines is 1. The number of aliphatic hydroxyl groups is 1. The van der Waals surface area contributed by atoms with Gasteiger partial charge in [-0.15, -0.1) is 10.2 Å². The second kappa shape index (κ2) is 13.7. The monoisotopic (exact) mass is 677 g/mol. The molecule has 238 valence electrons. The third kappa shape index (κ3) is 6.31. The Balaban J connectivity index is 1.43. The topological polar surface area (TPSA) is 111 Å². The quantitative estimate of drug-likeness (QED) is 0.0563. The maximum absolute atomic E-state index is 13.8. The summed E-state index contributed by atoms with van der Waals surface area (Å²) in [6, 6.07) is 17.1. The van der Waals surface area contributed by atoms with E-state index in [2.05, 4.69) is 10.2 Å². The molecule has 2 aliphatic heterocycles. The lowest BCUT2D eigenvalue weighted by atomic mass is 9.94. The smallest absolute Gasteiger partial charge is 0.301 e. The van der Waals surface area contributed by atoms with Gasteiger partial charge in [-0.1, -0.05) is 65.9 Å². The first-order chi connectivity index (χ1) is 22.3. The van der Waals surface area contributed by atoms with E-state index >= 15 is 0 Å². The number of nitrogens with zero attached hydrogens (tertiary/aromatic N) is 3. The molecule has 0 aliphatic carbocycles. The van der Waals surface area contributed by atoms with Crippen molar-refractivity contribution in [2.24, 2.45) is 0 Å². The zero-order valence-electron chi connectivity index (χ0n) is 25.5. The molecular formula is C34H32ClN3O6S2. The van der Waals surface area contributed by atoms with Gasteiger partial charge < -0.3 is 19.3 Å². The molecule has 3 heterocycles. The standard InChI is InChI=1S/C34H32ClN3O6S2/c1-4-14-43-26-13-10-20(17-27(26)42-5-2)29-28(30(39)21-11-12-25-23(16-21)15-19(3)44-25)31(40)32(41)38(29)33-36-37-34(46-33)45-18-22-8-6-7-9-24(22)35/h6-13,16-17,19,29,39H,4-5,14-15,18H2,1-3H3/b30-28+/t19-,29-/m0/s1. The number of amides is 1. The molecule has 0 radical (unpaired) electrons. The number of carbonyl (C=O) groups excluding carboxylic acids is 2. The minimum absolute atomic E-state index is 0.00536. The molecule has 4 aromatic rings. The van der Waals surface area contributed by atoms with Gasteiger partial charge in [0.25, 0.3) is 5.78 Å². The number of ketones is 1. The summed E-state index contributed by atoms with van der Waals surface area (Å²) in [6.07, 6.45) is 1.49. The predicted molar refractivity (Wildman–Crippen MR) is 179 cm³/mol. The van der Waals surface area contributed by atoms with Gasteiger partial charge in [0, 0.05) is 22.8 Å². The highest BCUT2D eigenvalue weighted by molar-refractivity contribution is 8.00. The van der Waals surface area contributed by atoms with Crippen LogP contribution in [0.15, 0.2) is 70.6 Å². The molecule has 0 bridgehead atoms. The van der Waals surface area contributed by atoms with Crippen molar-refractivity contribution < 1.29 is 28.9 Å². The summed E-state index contributed by atoms with van der Waals surface area (Å²) in [5.41, 5.74) is 2.77. The Bertz CT molecular complexity index is 1830. The van der Waals surface area contributed by atoms with Crippen LogP contribution in [-0.4, -0.2) is 46.3 Å². The first-order valence-corrected chi connectivity index (χ1v) is 17.2. The molecule has 1 fully saturated rings. The van der Waals surface area contributed by atoms with Gasteiger partial charge in [-0.05, 0) is 73.4 Å². The number of Topliss-reactive ketones (excluding diaryl/α,β-unsaturated/α-hetero) is 1. The molecule has 0 spiro atoms. The zero-order valence-corrected chi connectivity index (χ0v) is 27.9. The van der Waals surface area contributed by atoms with Gasteiger partial charge in [-0.3, -0.25) is 14.5 Å². The molecule has 1 aromatic heterocycles. The molecule has 9 nitrogen and oxygen atoms in total. The summed E-state index contributed by atoms with van der Waals surface area (Å²) < 4.78 is 18.2. The van der Waals surface area contributed by atoms with Crippen molar-refractivity contribution in [3.63, 3.8) is 0 Å². The second-order valence-corrected chi connectivity index (χ2v) is 13.4. The van der Waals surface area contributed by atoms with E-state index in [1.54, 1.807) is 36.4 Å². The summed E-state index contributed by atoms with van der Waals surface area (Å²) in [5.74, 6) is 0.386. The summed E-state index contributed by atoms with van der Waals surface area (Å²) >= 11 is 8.96. The Morgan fingerprint density at radius 1 is 1.09 bits per heavy atom. The number of thioether (sulfide) groups is 1. The second-order valence-electron chi connectivity index (χ2n) is 10.8. The molecule has 2 atom stereocenters. The zero-order chi connectivity index (χ0) is 32.4. The number of aromatic nitrogens is 2. The Labute approximate surface area is 280 Å². The van der Waals surface area contributed by atoms with Crippen molar-refractivity contribution in [2.45, 2.75) is 55.9 Å². The Morgan fingerprint density at radius 3 is 2.70 bits per heavy atom. The van der Waals surface area contributed by atoms with Crippen molar-refractivity contribution >= 4 is 57.3 Å². The maximum atomic E-state index is 13.8. The van der Waals surface area contributed by atoms with Crippen molar-refractivity contribution in [3.05, 3.63) is 93.5 Å². The third-order valence-electron chi connectivity index (χ3n) is 7.57. The average molecular weight is 678 g/mol. The van der Waals surface area contributed by atoms with Gasteiger partial charge in [-0.2, -0.15) is 0 Å². The summed E-state index contributed by atoms with van der Waals surface area (Å²) in [5, 5.41) is 21.2. The normalized spacial score (nSPS) is 18.5. The SMILES string of the molecule is CCCOc1ccc([C@H]2/C(=C(\O)c3ccc4c(c3)C[C@H](C)O4)C(=O)C(=O)N2c2nnc(SCc3ccccc3Cl)s2)cc1OCC. The lowest BCUT2D eigenvalue weighted by molar-refractivity contribution is -0.132. The number of fused-ring (bicyclic) bond motifs is 1. The lowest BCUT2D eigenvalue weighted by Gasteiger charge is -2.23. The largest absolute Gasteiger partial charge is 0.507 e. The van der Waals surface area contributed by atoms with Crippen LogP contribution in [0.3, 0.4) is 0 Å². The van der Waals surface area contributed by atoms with Gasteiger partial charge in [-0.25, -0.2) is 0 Å². The Morgan fingerprint density at radius 2 is 1.91 bits per heavy atom. The number of carbonyl (C=O) groups is 2. The molecule has 1 N–H and O–H groups in total. The van der Waals surface area contributed by atoms with Gasteiger partial charge in [0.15, 0.2) is 15.8 Å². The highest BCUT2D eigenvalue weighted by atomic mass is 35.5.